The van der Waals surface area contributed by atoms with Crippen LogP contribution in [0, 0.1) is 6.92 Å². The Kier molecular flexibility index (Phi) is 4.59. The highest BCUT2D eigenvalue weighted by atomic mass is 16.4. The molecular formula is C17H20N4O3. The summed E-state index contributed by atoms with van der Waals surface area (Å²) in [6.45, 7) is 2.50. The number of hydrogen-bond acceptors (Lipinski definition) is 4. The van der Waals surface area contributed by atoms with Gasteiger partial charge in [0.05, 0.1) is 29.9 Å². The summed E-state index contributed by atoms with van der Waals surface area (Å²) in [5, 5.41) is 17.2. The number of carboxylic acid groups (broad SMARTS) is 1. The van der Waals surface area contributed by atoms with Crippen LogP contribution in [0.2, 0.25) is 0 Å². The van der Waals surface area contributed by atoms with Crippen LogP contribution in [0.1, 0.15) is 30.7 Å². The van der Waals surface area contributed by atoms with E-state index in [9.17, 15) is 9.59 Å². The second-order valence-corrected chi connectivity index (χ2v) is 6.03. The summed E-state index contributed by atoms with van der Waals surface area (Å²) in [4.78, 5) is 25.2. The number of hydrogen-bond donors (Lipinski definition) is 1. The van der Waals surface area contributed by atoms with Crippen molar-refractivity contribution in [2.24, 2.45) is 0 Å². The first-order valence-electron chi connectivity index (χ1n) is 8.04. The Balaban J connectivity index is 1.73. The highest BCUT2D eigenvalue weighted by Crippen LogP contribution is 2.22. The largest absolute Gasteiger partial charge is 0.481 e. The molecule has 0 aliphatic carbocycles. The lowest BCUT2D eigenvalue weighted by Gasteiger charge is -2.23. The zero-order valence-electron chi connectivity index (χ0n) is 13.6. The molecule has 1 N–H and O–H groups in total. The third kappa shape index (κ3) is 3.29. The Bertz CT molecular complexity index is 742. The zero-order valence-corrected chi connectivity index (χ0v) is 13.6. The van der Waals surface area contributed by atoms with Crippen molar-refractivity contribution in [3.63, 3.8) is 0 Å². The second-order valence-electron chi connectivity index (χ2n) is 6.03. The van der Waals surface area contributed by atoms with Crippen molar-refractivity contribution in [1.29, 1.82) is 0 Å². The molecule has 3 rings (SSSR count). The summed E-state index contributed by atoms with van der Waals surface area (Å²) >= 11 is 0. The van der Waals surface area contributed by atoms with Crippen LogP contribution in [0.3, 0.4) is 0 Å². The van der Waals surface area contributed by atoms with Gasteiger partial charge in [-0.3, -0.25) is 9.59 Å². The van der Waals surface area contributed by atoms with E-state index in [4.69, 9.17) is 5.11 Å². The molecule has 1 aliphatic heterocycles. The summed E-state index contributed by atoms with van der Waals surface area (Å²) in [5.74, 6) is -0.951. The maximum Gasteiger partial charge on any atom is 0.305 e. The third-order valence-corrected chi connectivity index (χ3v) is 4.42. The number of carbonyl (C=O) groups excluding carboxylic acids is 1. The number of carboxylic acids is 1. The molecule has 1 fully saturated rings. The van der Waals surface area contributed by atoms with E-state index in [-0.39, 0.29) is 24.8 Å². The summed E-state index contributed by atoms with van der Waals surface area (Å²) in [5.41, 5.74) is 2.35. The SMILES string of the molecule is Cc1c(CC(=O)N2CCCC2CC(=O)O)nnn1-c1ccccc1. The molecule has 1 atom stereocenters. The Morgan fingerprint density at radius 2 is 2.04 bits per heavy atom. The quantitative estimate of drug-likeness (QED) is 0.900. The van der Waals surface area contributed by atoms with Gasteiger partial charge in [-0.05, 0) is 31.9 Å². The fourth-order valence-corrected chi connectivity index (χ4v) is 3.16. The highest BCUT2D eigenvalue weighted by molar-refractivity contribution is 5.80. The van der Waals surface area contributed by atoms with Gasteiger partial charge in [0.2, 0.25) is 5.91 Å². The maximum absolute atomic E-state index is 12.6. The van der Waals surface area contributed by atoms with E-state index in [2.05, 4.69) is 10.3 Å². The summed E-state index contributed by atoms with van der Waals surface area (Å²) in [6.07, 6.45) is 1.74. The van der Waals surface area contributed by atoms with E-state index in [0.29, 0.717) is 12.2 Å². The van der Waals surface area contributed by atoms with Gasteiger partial charge in [-0.1, -0.05) is 23.4 Å². The van der Waals surface area contributed by atoms with E-state index < -0.39 is 5.97 Å². The first kappa shape index (κ1) is 16.2. The van der Waals surface area contributed by atoms with Crippen LogP contribution >= 0.6 is 0 Å². The van der Waals surface area contributed by atoms with Gasteiger partial charge < -0.3 is 10.0 Å². The van der Waals surface area contributed by atoms with Gasteiger partial charge in [-0.2, -0.15) is 0 Å². The minimum absolute atomic E-state index is 0.00142. The van der Waals surface area contributed by atoms with E-state index >= 15 is 0 Å². The van der Waals surface area contributed by atoms with Crippen LogP contribution in [-0.4, -0.2) is 49.5 Å². The molecular weight excluding hydrogens is 308 g/mol. The third-order valence-electron chi connectivity index (χ3n) is 4.42. The second kappa shape index (κ2) is 6.82. The van der Waals surface area contributed by atoms with Crippen molar-refractivity contribution in [1.82, 2.24) is 19.9 Å². The van der Waals surface area contributed by atoms with E-state index in [1.54, 1.807) is 9.58 Å². The van der Waals surface area contributed by atoms with Crippen LogP contribution in [0.25, 0.3) is 5.69 Å². The van der Waals surface area contributed by atoms with Crippen LogP contribution in [0.4, 0.5) is 0 Å². The Hall–Kier alpha value is -2.70. The van der Waals surface area contributed by atoms with Crippen LogP contribution < -0.4 is 0 Å². The molecule has 1 aromatic carbocycles. The van der Waals surface area contributed by atoms with Crippen molar-refractivity contribution >= 4 is 11.9 Å². The van der Waals surface area contributed by atoms with Crippen molar-refractivity contribution in [3.05, 3.63) is 41.7 Å². The lowest BCUT2D eigenvalue weighted by molar-refractivity contribution is -0.139. The highest BCUT2D eigenvalue weighted by Gasteiger charge is 2.31. The van der Waals surface area contributed by atoms with E-state index in [1.165, 1.54) is 0 Å². The Labute approximate surface area is 139 Å². The molecule has 7 nitrogen and oxygen atoms in total. The number of aromatic nitrogens is 3. The fraction of sp³-hybridized carbons (Fsp3) is 0.412. The molecule has 24 heavy (non-hydrogen) atoms. The minimum Gasteiger partial charge on any atom is -0.481 e. The summed E-state index contributed by atoms with van der Waals surface area (Å²) in [7, 11) is 0. The average molecular weight is 328 g/mol. The molecule has 0 radical (unpaired) electrons. The molecule has 1 saturated heterocycles. The monoisotopic (exact) mass is 328 g/mol. The van der Waals surface area contributed by atoms with Crippen molar-refractivity contribution in [2.75, 3.05) is 6.54 Å². The Morgan fingerprint density at radius 3 is 2.75 bits per heavy atom. The van der Waals surface area contributed by atoms with Gasteiger partial charge in [0.25, 0.3) is 0 Å². The molecule has 0 bridgehead atoms. The van der Waals surface area contributed by atoms with Gasteiger partial charge in [-0.25, -0.2) is 4.68 Å². The maximum atomic E-state index is 12.6. The van der Waals surface area contributed by atoms with Gasteiger partial charge in [0, 0.05) is 12.6 Å². The van der Waals surface area contributed by atoms with Gasteiger partial charge in [0.15, 0.2) is 0 Å². The molecule has 1 amide bonds. The number of nitrogens with zero attached hydrogens (tertiary/aromatic N) is 4. The number of aliphatic carboxylic acids is 1. The summed E-state index contributed by atoms with van der Waals surface area (Å²) < 4.78 is 1.71. The molecule has 1 aliphatic rings. The molecule has 1 unspecified atom stereocenters. The predicted molar refractivity (Wildman–Crippen MR) is 86.8 cm³/mol. The first-order chi connectivity index (χ1) is 11.6. The Morgan fingerprint density at radius 1 is 1.29 bits per heavy atom. The molecule has 1 aromatic heterocycles. The summed E-state index contributed by atoms with van der Waals surface area (Å²) in [6, 6.07) is 9.41. The van der Waals surface area contributed by atoms with Crippen molar-refractivity contribution in [2.45, 2.75) is 38.6 Å². The number of likely N-dealkylation sites (tertiary alicyclic amines) is 1. The van der Waals surface area contributed by atoms with E-state index in [0.717, 1.165) is 24.2 Å². The van der Waals surface area contributed by atoms with Crippen LogP contribution in [0.5, 0.6) is 0 Å². The fourth-order valence-electron chi connectivity index (χ4n) is 3.16. The predicted octanol–water partition coefficient (Wildman–Crippen LogP) is 1.58. The number of rotatable bonds is 5. The molecule has 0 spiro atoms. The smallest absolute Gasteiger partial charge is 0.305 e. The number of carbonyl (C=O) groups is 2. The van der Waals surface area contributed by atoms with Crippen LogP contribution in [0.15, 0.2) is 30.3 Å². The van der Waals surface area contributed by atoms with Gasteiger partial charge in [0.1, 0.15) is 0 Å². The van der Waals surface area contributed by atoms with E-state index in [1.807, 2.05) is 37.3 Å². The van der Waals surface area contributed by atoms with Crippen molar-refractivity contribution in [3.8, 4) is 5.69 Å². The van der Waals surface area contributed by atoms with Gasteiger partial charge in [-0.15, -0.1) is 5.10 Å². The van der Waals surface area contributed by atoms with Crippen LogP contribution in [-0.2, 0) is 16.0 Å². The number of benzene rings is 1. The number of amides is 1. The van der Waals surface area contributed by atoms with Crippen molar-refractivity contribution < 1.29 is 14.7 Å². The molecule has 0 saturated carbocycles. The molecule has 2 aromatic rings. The van der Waals surface area contributed by atoms with Gasteiger partial charge >= 0.3 is 5.97 Å². The first-order valence-corrected chi connectivity index (χ1v) is 8.04. The standard InChI is InChI=1S/C17H20N4O3/c1-12-15(18-19-21(12)13-6-3-2-4-7-13)11-16(22)20-9-5-8-14(20)10-17(23)24/h2-4,6-7,14H,5,8-11H2,1H3,(H,23,24). The topological polar surface area (TPSA) is 88.3 Å². The molecule has 126 valence electrons. The minimum atomic E-state index is -0.870. The molecule has 7 heteroatoms. The lowest BCUT2D eigenvalue weighted by atomic mass is 10.1. The zero-order chi connectivity index (χ0) is 17.1. The lowest BCUT2D eigenvalue weighted by Crippen LogP contribution is -2.38. The molecule has 2 heterocycles. The average Bonchev–Trinajstić information content (AvgIpc) is 3.15. The normalized spacial score (nSPS) is 17.2. The number of para-hydroxylation sites is 1.